The van der Waals surface area contributed by atoms with Crippen molar-refractivity contribution in [3.63, 3.8) is 0 Å². The zero-order chi connectivity index (χ0) is 8.27. The van der Waals surface area contributed by atoms with Crippen LogP contribution in [0.2, 0.25) is 0 Å². The van der Waals surface area contributed by atoms with Gasteiger partial charge < -0.3 is 5.73 Å². The van der Waals surface area contributed by atoms with Crippen LogP contribution in [0.5, 0.6) is 0 Å². The van der Waals surface area contributed by atoms with E-state index in [1.807, 2.05) is 30.3 Å². The molecule has 0 bridgehead atoms. The average molecular weight is 167 g/mol. The number of hydrogen-bond donors (Lipinski definition) is 2. The van der Waals surface area contributed by atoms with Gasteiger partial charge in [-0.25, -0.2) is 0 Å². The first-order valence-corrected chi connectivity index (χ1v) is 3.76. The Morgan fingerprint density at radius 2 is 1.91 bits per heavy atom. The summed E-state index contributed by atoms with van der Waals surface area (Å²) in [6, 6.07) is 9.22. The average Bonchev–Trinajstić information content (AvgIpc) is 2.05. The Morgan fingerprint density at radius 3 is 2.36 bits per heavy atom. The number of rotatable bonds is 2. The quantitative estimate of drug-likeness (QED) is 0.637. The molecule has 11 heavy (non-hydrogen) atoms. The molecular formula is C8H9NOS. The second-order valence-electron chi connectivity index (χ2n) is 2.22. The second kappa shape index (κ2) is 3.44. The maximum atomic E-state index is 10.6. The highest BCUT2D eigenvalue weighted by Crippen LogP contribution is 2.17. The third-order valence-electron chi connectivity index (χ3n) is 1.38. The van der Waals surface area contributed by atoms with E-state index in [2.05, 4.69) is 12.6 Å². The standard InChI is InChI=1S/C8H9NOS/c9-8(10)7(11)6-4-2-1-3-5-6/h1-5,7,11H,(H2,9,10). The Hall–Kier alpha value is -0.960. The molecule has 2 nitrogen and oxygen atoms in total. The van der Waals surface area contributed by atoms with Gasteiger partial charge in [-0.1, -0.05) is 30.3 Å². The molecule has 0 fully saturated rings. The molecule has 1 aromatic rings. The van der Waals surface area contributed by atoms with Crippen molar-refractivity contribution in [1.82, 2.24) is 0 Å². The SMILES string of the molecule is NC(=O)C(S)c1ccccc1. The fourth-order valence-corrected chi connectivity index (χ4v) is 0.972. The normalized spacial score (nSPS) is 12.5. The molecule has 1 rings (SSSR count). The molecule has 1 aromatic carbocycles. The van der Waals surface area contributed by atoms with Gasteiger partial charge in [0.05, 0.1) is 0 Å². The van der Waals surface area contributed by atoms with Crippen LogP contribution >= 0.6 is 12.6 Å². The molecule has 1 unspecified atom stereocenters. The van der Waals surface area contributed by atoms with Gasteiger partial charge in [-0.2, -0.15) is 12.6 Å². The third kappa shape index (κ3) is 1.98. The van der Waals surface area contributed by atoms with Gasteiger partial charge in [0.2, 0.25) is 5.91 Å². The molecule has 0 heterocycles. The van der Waals surface area contributed by atoms with Crippen molar-refractivity contribution in [3.8, 4) is 0 Å². The van der Waals surface area contributed by atoms with Crippen LogP contribution in [0.3, 0.4) is 0 Å². The number of benzene rings is 1. The van der Waals surface area contributed by atoms with E-state index in [9.17, 15) is 4.79 Å². The number of amides is 1. The fourth-order valence-electron chi connectivity index (χ4n) is 0.800. The highest BCUT2D eigenvalue weighted by Gasteiger charge is 2.10. The molecule has 1 atom stereocenters. The Kier molecular flexibility index (Phi) is 2.54. The van der Waals surface area contributed by atoms with E-state index in [0.717, 1.165) is 5.56 Å². The van der Waals surface area contributed by atoms with Crippen LogP contribution in [0.25, 0.3) is 0 Å². The first-order valence-electron chi connectivity index (χ1n) is 3.24. The summed E-state index contributed by atoms with van der Waals surface area (Å²) < 4.78 is 0. The van der Waals surface area contributed by atoms with Gasteiger partial charge in [-0.15, -0.1) is 0 Å². The Balaban J connectivity index is 2.85. The number of hydrogen-bond acceptors (Lipinski definition) is 2. The first-order chi connectivity index (χ1) is 5.22. The first kappa shape index (κ1) is 8.14. The maximum absolute atomic E-state index is 10.6. The van der Waals surface area contributed by atoms with Gasteiger partial charge in [-0.05, 0) is 5.56 Å². The lowest BCUT2D eigenvalue weighted by Gasteiger charge is -2.04. The number of nitrogens with two attached hydrogens (primary N) is 1. The van der Waals surface area contributed by atoms with Crippen molar-refractivity contribution in [2.75, 3.05) is 0 Å². The maximum Gasteiger partial charge on any atom is 0.234 e. The van der Waals surface area contributed by atoms with Gasteiger partial charge >= 0.3 is 0 Å². The van der Waals surface area contributed by atoms with Crippen LogP contribution in [0, 0.1) is 0 Å². The monoisotopic (exact) mass is 167 g/mol. The van der Waals surface area contributed by atoms with E-state index in [-0.39, 0.29) is 0 Å². The van der Waals surface area contributed by atoms with Crippen LogP contribution in [0.1, 0.15) is 10.8 Å². The van der Waals surface area contributed by atoms with Crippen molar-refractivity contribution in [2.45, 2.75) is 5.25 Å². The van der Waals surface area contributed by atoms with Gasteiger partial charge in [0, 0.05) is 0 Å². The summed E-state index contributed by atoms with van der Waals surface area (Å²) in [5.74, 6) is -0.417. The van der Waals surface area contributed by atoms with Gasteiger partial charge in [0.25, 0.3) is 0 Å². The van der Waals surface area contributed by atoms with Crippen LogP contribution in [0.15, 0.2) is 30.3 Å². The van der Waals surface area contributed by atoms with E-state index < -0.39 is 11.2 Å². The van der Waals surface area contributed by atoms with Crippen molar-refractivity contribution in [2.24, 2.45) is 5.73 Å². The molecule has 0 saturated heterocycles. The smallest absolute Gasteiger partial charge is 0.234 e. The highest BCUT2D eigenvalue weighted by atomic mass is 32.1. The predicted octanol–water partition coefficient (Wildman–Crippen LogP) is 1.14. The molecule has 0 saturated carbocycles. The van der Waals surface area contributed by atoms with Crippen molar-refractivity contribution >= 4 is 18.5 Å². The van der Waals surface area contributed by atoms with Crippen LogP contribution < -0.4 is 5.73 Å². The highest BCUT2D eigenvalue weighted by molar-refractivity contribution is 7.81. The molecule has 0 aliphatic rings. The predicted molar refractivity (Wildman–Crippen MR) is 47.4 cm³/mol. The van der Waals surface area contributed by atoms with E-state index in [1.165, 1.54) is 0 Å². The van der Waals surface area contributed by atoms with Crippen LogP contribution in [-0.2, 0) is 4.79 Å². The van der Waals surface area contributed by atoms with E-state index in [0.29, 0.717) is 0 Å². The largest absolute Gasteiger partial charge is 0.368 e. The van der Waals surface area contributed by atoms with E-state index >= 15 is 0 Å². The number of thiol groups is 1. The summed E-state index contributed by atoms with van der Waals surface area (Å²) in [6.07, 6.45) is 0. The summed E-state index contributed by atoms with van der Waals surface area (Å²) in [4.78, 5) is 10.6. The minimum atomic E-state index is -0.490. The molecule has 0 radical (unpaired) electrons. The molecular weight excluding hydrogens is 158 g/mol. The second-order valence-corrected chi connectivity index (χ2v) is 2.73. The molecule has 0 spiro atoms. The van der Waals surface area contributed by atoms with E-state index in [1.54, 1.807) is 0 Å². The third-order valence-corrected chi connectivity index (χ3v) is 1.94. The minimum Gasteiger partial charge on any atom is -0.368 e. The van der Waals surface area contributed by atoms with Gasteiger partial charge in [-0.3, -0.25) is 4.79 Å². The molecule has 0 aliphatic carbocycles. The van der Waals surface area contributed by atoms with Crippen molar-refractivity contribution < 1.29 is 4.79 Å². The molecule has 3 heteroatoms. The summed E-state index contributed by atoms with van der Waals surface area (Å²) in [7, 11) is 0. The van der Waals surface area contributed by atoms with Crippen LogP contribution in [0.4, 0.5) is 0 Å². The molecule has 1 amide bonds. The Morgan fingerprint density at radius 1 is 1.36 bits per heavy atom. The van der Waals surface area contributed by atoms with Gasteiger partial charge in [0.15, 0.2) is 0 Å². The number of carbonyl (C=O) groups excluding carboxylic acids is 1. The number of primary amides is 1. The topological polar surface area (TPSA) is 43.1 Å². The fraction of sp³-hybridized carbons (Fsp3) is 0.125. The molecule has 0 aromatic heterocycles. The molecule has 2 N–H and O–H groups in total. The summed E-state index contributed by atoms with van der Waals surface area (Å²) >= 11 is 4.04. The zero-order valence-corrected chi connectivity index (χ0v) is 6.79. The van der Waals surface area contributed by atoms with Gasteiger partial charge in [0.1, 0.15) is 5.25 Å². The summed E-state index contributed by atoms with van der Waals surface area (Å²) in [5, 5.41) is -0.490. The van der Waals surface area contributed by atoms with Crippen molar-refractivity contribution in [1.29, 1.82) is 0 Å². The van der Waals surface area contributed by atoms with Crippen LogP contribution in [-0.4, -0.2) is 5.91 Å². The lowest BCUT2D eigenvalue weighted by atomic mass is 10.1. The Bertz CT molecular complexity index is 248. The molecule has 58 valence electrons. The molecule has 0 aliphatic heterocycles. The summed E-state index contributed by atoms with van der Waals surface area (Å²) in [6.45, 7) is 0. The van der Waals surface area contributed by atoms with E-state index in [4.69, 9.17) is 5.73 Å². The van der Waals surface area contributed by atoms with Crippen molar-refractivity contribution in [3.05, 3.63) is 35.9 Å². The lowest BCUT2D eigenvalue weighted by molar-refractivity contribution is -0.117. The minimum absolute atomic E-state index is 0.417. The Labute approximate surface area is 70.8 Å². The number of carbonyl (C=O) groups is 1. The lowest BCUT2D eigenvalue weighted by Crippen LogP contribution is -2.16. The zero-order valence-electron chi connectivity index (χ0n) is 5.90. The summed E-state index contributed by atoms with van der Waals surface area (Å²) in [5.41, 5.74) is 5.89.